The van der Waals surface area contributed by atoms with Crippen LogP contribution in [-0.4, -0.2) is 76.2 Å². The van der Waals surface area contributed by atoms with E-state index in [0.29, 0.717) is 0 Å². The lowest BCUT2D eigenvalue weighted by molar-refractivity contribution is 0.220. The molecule has 0 spiro atoms. The molecule has 0 atom stereocenters. The van der Waals surface area contributed by atoms with Crippen molar-refractivity contribution < 1.29 is 9.47 Å². The summed E-state index contributed by atoms with van der Waals surface area (Å²) in [6.07, 6.45) is 0. The molecule has 2 aromatic carbocycles. The Hall–Kier alpha value is -1.79. The van der Waals surface area contributed by atoms with Gasteiger partial charge < -0.3 is 24.2 Å². The van der Waals surface area contributed by atoms with E-state index in [2.05, 4.69) is 60.1 Å². The lowest BCUT2D eigenvalue weighted by atomic mass is 10.2. The summed E-state index contributed by atoms with van der Waals surface area (Å²) in [5, 5.41) is 0. The topological polar surface area (TPSA) is 28.2 Å². The van der Waals surface area contributed by atoms with E-state index in [1.54, 1.807) is 14.2 Å². The summed E-state index contributed by atoms with van der Waals surface area (Å²) in [4.78, 5) is 7.12. The van der Waals surface area contributed by atoms with Gasteiger partial charge in [-0.3, -0.25) is 0 Å². The van der Waals surface area contributed by atoms with Gasteiger partial charge in [-0.2, -0.15) is 0 Å². The van der Waals surface area contributed by atoms with Crippen LogP contribution in [0.3, 0.4) is 0 Å². The van der Waals surface area contributed by atoms with Crippen molar-refractivity contribution in [3.63, 3.8) is 0 Å². The highest BCUT2D eigenvalue weighted by Crippen LogP contribution is 2.13. The van der Waals surface area contributed by atoms with Gasteiger partial charge in [-0.05, 0) is 56.5 Å². The first-order valence-electron chi connectivity index (χ1n) is 9.81. The average molecular weight is 422 g/mol. The van der Waals surface area contributed by atoms with E-state index < -0.39 is 0 Å². The van der Waals surface area contributed by atoms with Crippen LogP contribution in [0.5, 0.6) is 11.5 Å². The van der Waals surface area contributed by atoms with Gasteiger partial charge >= 0.3 is 0 Å². The molecule has 0 aliphatic heterocycles. The van der Waals surface area contributed by atoms with E-state index in [9.17, 15) is 0 Å². The number of nitrogens with zero attached hydrogens (tertiary/aromatic N) is 3. The number of ether oxygens (including phenoxy) is 2. The van der Waals surface area contributed by atoms with Crippen molar-refractivity contribution in [1.82, 2.24) is 14.7 Å². The molecule has 0 fully saturated rings. The largest absolute Gasteiger partial charge is 0.497 e. The SMILES string of the molecule is COc1ccc(CN(C)CCN(C)CCN(C)Cc2ccc(OC)cc2)cc1.Cl. The fraction of sp³-hybridized carbons (Fsp3) is 0.478. The highest BCUT2D eigenvalue weighted by molar-refractivity contribution is 5.85. The summed E-state index contributed by atoms with van der Waals surface area (Å²) >= 11 is 0. The normalized spacial score (nSPS) is 11.0. The summed E-state index contributed by atoms with van der Waals surface area (Å²) in [6, 6.07) is 16.6. The van der Waals surface area contributed by atoms with Crippen molar-refractivity contribution in [1.29, 1.82) is 0 Å². The fourth-order valence-corrected chi connectivity index (χ4v) is 3.04. The maximum absolute atomic E-state index is 5.22. The van der Waals surface area contributed by atoms with E-state index in [1.165, 1.54) is 11.1 Å². The monoisotopic (exact) mass is 421 g/mol. The highest BCUT2D eigenvalue weighted by atomic mass is 35.5. The third kappa shape index (κ3) is 9.50. The predicted octanol–water partition coefficient (Wildman–Crippen LogP) is 3.62. The van der Waals surface area contributed by atoms with Crippen LogP contribution in [0.25, 0.3) is 0 Å². The Kier molecular flexibility index (Phi) is 11.7. The number of likely N-dealkylation sites (N-methyl/N-ethyl adjacent to an activating group) is 3. The molecular weight excluding hydrogens is 386 g/mol. The minimum atomic E-state index is 0. The zero-order valence-electron chi connectivity index (χ0n) is 18.4. The number of halogens is 1. The van der Waals surface area contributed by atoms with E-state index in [4.69, 9.17) is 9.47 Å². The molecule has 5 nitrogen and oxygen atoms in total. The first-order valence-corrected chi connectivity index (χ1v) is 9.81. The summed E-state index contributed by atoms with van der Waals surface area (Å²) in [5.41, 5.74) is 2.62. The summed E-state index contributed by atoms with van der Waals surface area (Å²) in [7, 11) is 9.95. The summed E-state index contributed by atoms with van der Waals surface area (Å²) in [6.45, 7) is 6.12. The third-order valence-electron chi connectivity index (χ3n) is 4.95. The predicted molar refractivity (Wildman–Crippen MR) is 123 cm³/mol. The number of hydrogen-bond donors (Lipinski definition) is 0. The van der Waals surface area contributed by atoms with Gasteiger partial charge in [-0.25, -0.2) is 0 Å². The van der Waals surface area contributed by atoms with Gasteiger partial charge in [0.25, 0.3) is 0 Å². The number of benzene rings is 2. The van der Waals surface area contributed by atoms with E-state index >= 15 is 0 Å². The molecule has 162 valence electrons. The molecule has 2 aromatic rings. The van der Waals surface area contributed by atoms with Crippen LogP contribution in [-0.2, 0) is 13.1 Å². The Labute approximate surface area is 182 Å². The van der Waals surface area contributed by atoms with Gasteiger partial charge in [-0.15, -0.1) is 12.4 Å². The quantitative estimate of drug-likeness (QED) is 0.522. The second-order valence-electron chi connectivity index (χ2n) is 7.47. The fourth-order valence-electron chi connectivity index (χ4n) is 3.04. The van der Waals surface area contributed by atoms with Crippen LogP contribution in [0.4, 0.5) is 0 Å². The minimum absolute atomic E-state index is 0. The molecule has 0 amide bonds. The first-order chi connectivity index (χ1) is 13.5. The molecule has 0 heterocycles. The molecule has 6 heteroatoms. The Morgan fingerprint density at radius 2 is 0.862 bits per heavy atom. The summed E-state index contributed by atoms with van der Waals surface area (Å²) in [5.74, 6) is 1.81. The van der Waals surface area contributed by atoms with Crippen molar-refractivity contribution >= 4 is 12.4 Å². The minimum Gasteiger partial charge on any atom is -0.497 e. The molecular formula is C23H36ClN3O2. The molecule has 0 aliphatic rings. The van der Waals surface area contributed by atoms with Crippen molar-refractivity contribution in [3.05, 3.63) is 59.7 Å². The number of methoxy groups -OCH3 is 2. The maximum Gasteiger partial charge on any atom is 0.118 e. The standard InChI is InChI=1S/C23H35N3O2.ClH/c1-24(14-16-25(2)18-20-6-10-22(27-4)11-7-20)15-17-26(3)19-21-8-12-23(28-5)13-9-21;/h6-13H,14-19H2,1-5H3;1H. The average Bonchev–Trinajstić information content (AvgIpc) is 2.72. The van der Waals surface area contributed by atoms with E-state index in [1.807, 2.05) is 24.3 Å². The molecule has 0 aromatic heterocycles. The van der Waals surface area contributed by atoms with Gasteiger partial charge in [-0.1, -0.05) is 24.3 Å². The molecule has 0 bridgehead atoms. The van der Waals surface area contributed by atoms with Crippen molar-refractivity contribution in [2.75, 3.05) is 61.5 Å². The van der Waals surface area contributed by atoms with Crippen LogP contribution >= 0.6 is 12.4 Å². The van der Waals surface area contributed by atoms with Crippen molar-refractivity contribution in [2.24, 2.45) is 0 Å². The van der Waals surface area contributed by atoms with E-state index in [0.717, 1.165) is 50.8 Å². The van der Waals surface area contributed by atoms with Crippen LogP contribution in [0.1, 0.15) is 11.1 Å². The van der Waals surface area contributed by atoms with Crippen molar-refractivity contribution in [3.8, 4) is 11.5 Å². The summed E-state index contributed by atoms with van der Waals surface area (Å²) < 4.78 is 10.4. The Balaban J connectivity index is 0.00000420. The smallest absolute Gasteiger partial charge is 0.118 e. The van der Waals surface area contributed by atoms with Crippen LogP contribution in [0, 0.1) is 0 Å². The van der Waals surface area contributed by atoms with Crippen LogP contribution in [0.15, 0.2) is 48.5 Å². The molecule has 0 unspecified atom stereocenters. The third-order valence-corrected chi connectivity index (χ3v) is 4.95. The Bertz CT molecular complexity index is 620. The lowest BCUT2D eigenvalue weighted by Gasteiger charge is -2.24. The van der Waals surface area contributed by atoms with Crippen LogP contribution in [0.2, 0.25) is 0 Å². The Morgan fingerprint density at radius 3 is 1.17 bits per heavy atom. The maximum atomic E-state index is 5.22. The van der Waals surface area contributed by atoms with Crippen LogP contribution < -0.4 is 9.47 Å². The van der Waals surface area contributed by atoms with Gasteiger partial charge in [0.1, 0.15) is 11.5 Å². The van der Waals surface area contributed by atoms with E-state index in [-0.39, 0.29) is 12.4 Å². The second-order valence-corrected chi connectivity index (χ2v) is 7.47. The molecule has 0 aliphatic carbocycles. The molecule has 0 saturated carbocycles. The van der Waals surface area contributed by atoms with Gasteiger partial charge in [0.05, 0.1) is 14.2 Å². The number of rotatable bonds is 12. The first kappa shape index (κ1) is 25.2. The highest BCUT2D eigenvalue weighted by Gasteiger charge is 2.06. The van der Waals surface area contributed by atoms with Gasteiger partial charge in [0, 0.05) is 39.3 Å². The lowest BCUT2D eigenvalue weighted by Crippen LogP contribution is -2.35. The molecule has 2 rings (SSSR count). The molecule has 29 heavy (non-hydrogen) atoms. The number of hydrogen-bond acceptors (Lipinski definition) is 5. The second kappa shape index (κ2) is 13.4. The zero-order valence-corrected chi connectivity index (χ0v) is 19.2. The van der Waals surface area contributed by atoms with Gasteiger partial charge in [0.2, 0.25) is 0 Å². The Morgan fingerprint density at radius 1 is 0.552 bits per heavy atom. The molecule has 0 N–H and O–H groups in total. The van der Waals surface area contributed by atoms with Gasteiger partial charge in [0.15, 0.2) is 0 Å². The molecule has 0 radical (unpaired) electrons. The zero-order chi connectivity index (χ0) is 20.4. The van der Waals surface area contributed by atoms with Crippen molar-refractivity contribution in [2.45, 2.75) is 13.1 Å². The molecule has 0 saturated heterocycles.